The van der Waals surface area contributed by atoms with Crippen molar-refractivity contribution < 1.29 is 52.7 Å². The van der Waals surface area contributed by atoms with E-state index in [2.05, 4.69) is 93.0 Å². The number of aliphatic hydroxyl groups excluding tert-OH is 1. The van der Waals surface area contributed by atoms with Crippen LogP contribution < -0.4 is 20.3 Å². The fourth-order valence-corrected chi connectivity index (χ4v) is 25.9. The van der Waals surface area contributed by atoms with Gasteiger partial charge in [-0.2, -0.15) is 0 Å². The lowest BCUT2D eigenvalue weighted by Gasteiger charge is -2.63. The number of nitrogens with zero attached hydrogens (tertiary/aromatic N) is 6. The Kier molecular flexibility index (Phi) is 19.9. The smallest absolute Gasteiger partial charge is 0.322 e. The number of rotatable bonds is 25. The number of fused-ring (bicyclic) bond motifs is 4. The summed E-state index contributed by atoms with van der Waals surface area (Å²) >= 11 is 1.58. The van der Waals surface area contributed by atoms with Crippen LogP contribution in [0.5, 0.6) is 5.75 Å². The summed E-state index contributed by atoms with van der Waals surface area (Å²) in [7, 11) is 0.469. The van der Waals surface area contributed by atoms with Crippen LogP contribution in [0.25, 0.3) is 21.3 Å². The van der Waals surface area contributed by atoms with Crippen molar-refractivity contribution in [2.75, 3.05) is 84.3 Å². The van der Waals surface area contributed by atoms with E-state index in [0.29, 0.717) is 114 Å². The zero-order valence-electron chi connectivity index (χ0n) is 50.6. The van der Waals surface area contributed by atoms with Gasteiger partial charge in [-0.05, 0) is 144 Å². The quantitative estimate of drug-likeness (QED) is 0.00418. The highest BCUT2D eigenvalue weighted by Gasteiger charge is 2.78. The van der Waals surface area contributed by atoms with Gasteiger partial charge in [0.1, 0.15) is 24.0 Å². The predicted octanol–water partition coefficient (Wildman–Crippen LogP) is 8.51. The van der Waals surface area contributed by atoms with E-state index in [0.717, 1.165) is 63.2 Å². The first-order valence-electron chi connectivity index (χ1n) is 30.1. The maximum absolute atomic E-state index is 15.4. The molecule has 0 bridgehead atoms. The number of thioether (sulfide) groups is 1. The standard InChI is InChI=1S/C61H89N9O11SSi2/c1-10-57(74)22-15-24-60(55(73)77-5,51-44(21-27-63-38-57)43-18-12-13-19-47(43)68-51)46-33-45-48(34-49(46)76-4)70(3)52-59(45)25-20-42-17-14-23-58(11-2,50(42)59)53(71)61(52,75)54(72)64-26-16-32-83(6,7)81-84(8,9)40-82-56-65-35-41(36-66-56)37-79-30-28-78-29-31-80-39-67-69-62/h12-14,18-19,23,33-36,42,50,52-53,63,68,71,74-75H,10-11,15-17,20-22,24-32,37-40H2,1-9H3,(H,64,72)/t42?,50-,52+,53+,57-,58+,59+,60-,61-/m0/s1. The van der Waals surface area contributed by atoms with Crippen molar-refractivity contribution in [1.82, 2.24) is 25.6 Å². The van der Waals surface area contributed by atoms with Crippen molar-refractivity contribution >= 4 is 56.9 Å². The van der Waals surface area contributed by atoms with Crippen LogP contribution in [0.4, 0.5) is 5.69 Å². The summed E-state index contributed by atoms with van der Waals surface area (Å²) in [5.41, 5.74) is 7.60. The molecule has 0 saturated heterocycles. The Morgan fingerprint density at radius 2 is 1.73 bits per heavy atom. The van der Waals surface area contributed by atoms with Crippen LogP contribution in [0.2, 0.25) is 32.2 Å². The van der Waals surface area contributed by atoms with Gasteiger partial charge >= 0.3 is 5.97 Å². The Hall–Kier alpha value is -4.89. The fourth-order valence-electron chi connectivity index (χ4n) is 15.6. The number of carbonyl (C=O) groups excluding carboxylic acids is 2. The zero-order valence-corrected chi connectivity index (χ0v) is 53.4. The molecule has 2 saturated carbocycles. The van der Waals surface area contributed by atoms with E-state index in [1.807, 2.05) is 43.1 Å². The monoisotopic (exact) mass is 1210 g/mol. The van der Waals surface area contributed by atoms with Crippen molar-refractivity contribution in [3.63, 3.8) is 0 Å². The number of azide groups is 1. The SMILES string of the molecule is CC[C@]1(O)CCC[C@](C(=O)OC)(c2cc3c(cc2OC)N(C)[C@H]2[C@@](O)(C(=O)NCCC[Si](C)(C)O[Si](C)(C)CSc4ncc(COCCOCCOCN=[N+]=[N-])cn4)[C@H](O)[C@]4(CC)C=CCC5CC[C@]32[C@@H]54)c2[nH]c3ccccc3c2CCNC1. The number of aromatic nitrogens is 3. The summed E-state index contributed by atoms with van der Waals surface area (Å²) < 4.78 is 35.7. The van der Waals surface area contributed by atoms with E-state index in [1.165, 1.54) is 7.11 Å². The molecule has 458 valence electrons. The highest BCUT2D eigenvalue weighted by atomic mass is 32.2. The molecule has 20 nitrogen and oxygen atoms in total. The van der Waals surface area contributed by atoms with Crippen LogP contribution in [-0.4, -0.2) is 162 Å². The van der Waals surface area contributed by atoms with E-state index in [4.69, 9.17) is 33.3 Å². The largest absolute Gasteiger partial charge is 0.496 e. The summed E-state index contributed by atoms with van der Waals surface area (Å²) in [6.45, 7) is 16.0. The van der Waals surface area contributed by atoms with Crippen molar-refractivity contribution in [1.29, 1.82) is 0 Å². The lowest BCUT2D eigenvalue weighted by atomic mass is 9.44. The van der Waals surface area contributed by atoms with Gasteiger partial charge in [-0.1, -0.05) is 61.1 Å². The van der Waals surface area contributed by atoms with Gasteiger partial charge in [0.2, 0.25) is 0 Å². The average molecular weight is 1210 g/mol. The van der Waals surface area contributed by atoms with Gasteiger partial charge in [0, 0.05) is 93.1 Å². The fraction of sp³-hybridized carbons (Fsp3) is 0.639. The topological polar surface area (TPSA) is 268 Å². The Labute approximate surface area is 500 Å². The number of hydrogen-bond acceptors (Lipinski definition) is 17. The van der Waals surface area contributed by atoms with E-state index in [1.54, 1.807) is 31.3 Å². The second-order valence-electron chi connectivity index (χ2n) is 25.1. The lowest BCUT2D eigenvalue weighted by Crippen LogP contribution is -2.79. The van der Waals surface area contributed by atoms with Gasteiger partial charge in [0.05, 0.1) is 58.9 Å². The van der Waals surface area contributed by atoms with Gasteiger partial charge in [0.15, 0.2) is 27.4 Å². The number of hydrogen-bond donors (Lipinski definition) is 6. The second-order valence-corrected chi connectivity index (χ2v) is 35.3. The molecule has 1 spiro atoms. The van der Waals surface area contributed by atoms with Gasteiger partial charge in [0.25, 0.3) is 5.91 Å². The number of likely N-dealkylation sites (N-methyl/N-ethyl adjacent to an activating group) is 1. The maximum Gasteiger partial charge on any atom is 0.322 e. The highest BCUT2D eigenvalue weighted by molar-refractivity contribution is 8.00. The van der Waals surface area contributed by atoms with Crippen LogP contribution in [0.1, 0.15) is 99.6 Å². The molecule has 6 N–H and O–H groups in total. The molecule has 23 heteroatoms. The van der Waals surface area contributed by atoms with Crippen LogP contribution in [0.15, 0.2) is 71.2 Å². The second kappa shape index (κ2) is 26.2. The number of amides is 1. The first-order valence-corrected chi connectivity index (χ1v) is 37.3. The average Bonchev–Trinajstić information content (AvgIpc) is 1.45. The Bertz CT molecular complexity index is 3060. The van der Waals surface area contributed by atoms with E-state index >= 15 is 9.59 Å². The number of nitrogens with one attached hydrogen (secondary N) is 3. The first kappa shape index (κ1) is 63.6. The minimum Gasteiger partial charge on any atom is -0.496 e. The molecule has 1 amide bonds. The molecular weight excluding hydrogens is 1120 g/mol. The van der Waals surface area contributed by atoms with Crippen LogP contribution in [-0.2, 0) is 56.5 Å². The molecule has 4 heterocycles. The molecule has 9 rings (SSSR count). The third kappa shape index (κ3) is 12.0. The number of carbonyl (C=O) groups is 2. The number of benzene rings is 2. The molecule has 4 aromatic rings. The van der Waals surface area contributed by atoms with Crippen LogP contribution in [0.3, 0.4) is 0 Å². The van der Waals surface area contributed by atoms with Crippen molar-refractivity contribution in [2.24, 2.45) is 22.4 Å². The third-order valence-electron chi connectivity index (χ3n) is 19.1. The Morgan fingerprint density at radius 3 is 2.45 bits per heavy atom. The third-order valence-corrected chi connectivity index (χ3v) is 28.9. The molecule has 0 radical (unpaired) electrons. The number of anilines is 1. The molecule has 3 aliphatic carbocycles. The van der Waals surface area contributed by atoms with E-state index in [-0.39, 0.29) is 25.1 Å². The number of allylic oxidation sites excluding steroid dienone is 1. The first-order chi connectivity index (χ1) is 40.2. The summed E-state index contributed by atoms with van der Waals surface area (Å²) in [6.07, 6.45) is 12.1. The van der Waals surface area contributed by atoms with E-state index < -0.39 is 68.1 Å². The van der Waals surface area contributed by atoms with E-state index in [9.17, 15) is 15.3 Å². The molecule has 2 fully saturated rings. The Morgan fingerprint density at radius 1 is 0.976 bits per heavy atom. The Balaban J connectivity index is 0.950. The molecule has 5 aliphatic rings. The minimum atomic E-state index is -2.28. The highest BCUT2D eigenvalue weighted by Crippen LogP contribution is 2.72. The number of H-pyrrole nitrogens is 1. The molecule has 2 aliphatic heterocycles. The number of aliphatic hydroxyl groups is 3. The molecule has 9 atom stereocenters. The number of esters is 1. The maximum atomic E-state index is 15.4. The van der Waals surface area contributed by atoms with Gasteiger partial charge < -0.3 is 63.6 Å². The summed E-state index contributed by atoms with van der Waals surface area (Å²) in [6, 6.07) is 12.1. The summed E-state index contributed by atoms with van der Waals surface area (Å²) in [4.78, 5) is 48.4. The van der Waals surface area contributed by atoms with Gasteiger partial charge in [-0.15, -0.1) is 0 Å². The zero-order chi connectivity index (χ0) is 60.1. The molecule has 84 heavy (non-hydrogen) atoms. The van der Waals surface area contributed by atoms with Crippen molar-refractivity contribution in [3.05, 3.63) is 99.3 Å². The number of methoxy groups -OCH3 is 2. The predicted molar refractivity (Wildman–Crippen MR) is 329 cm³/mol. The molecule has 2 aromatic carbocycles. The normalized spacial score (nSPS) is 28.4. The van der Waals surface area contributed by atoms with Crippen LogP contribution in [0, 0.1) is 17.3 Å². The summed E-state index contributed by atoms with van der Waals surface area (Å²) in [5, 5.41) is 51.3. The van der Waals surface area contributed by atoms with Gasteiger partial charge in [-0.25, -0.2) is 9.97 Å². The van der Waals surface area contributed by atoms with Crippen LogP contribution >= 0.6 is 11.8 Å². The van der Waals surface area contributed by atoms with Crippen molar-refractivity contribution in [2.45, 2.75) is 156 Å². The number of ether oxygens (including phenoxy) is 5. The number of para-hydroxylation sites is 1. The van der Waals surface area contributed by atoms with Gasteiger partial charge in [-0.3, -0.25) is 9.59 Å². The summed E-state index contributed by atoms with van der Waals surface area (Å²) in [5.74, 6) is -0.571. The number of aromatic amines is 1. The molecule has 1 unspecified atom stereocenters. The molecule has 2 aromatic heterocycles. The molecular formula is C61H89N9O11SSi2. The minimum absolute atomic E-state index is 0.0227. The van der Waals surface area contributed by atoms with Crippen molar-refractivity contribution in [3.8, 4) is 5.75 Å². The lowest BCUT2D eigenvalue weighted by molar-refractivity contribution is -0.208. The number of β-amino-alcohol motifs (C(OH)–C–C–N with tert-alkyl or cyclic N) is 1.